The van der Waals surface area contributed by atoms with Crippen LogP contribution in [0.25, 0.3) is 0 Å². The van der Waals surface area contributed by atoms with Crippen molar-refractivity contribution in [3.63, 3.8) is 0 Å². The molecule has 2 N–H and O–H groups in total. The minimum atomic E-state index is 0.492. The van der Waals surface area contributed by atoms with E-state index in [9.17, 15) is 0 Å². The van der Waals surface area contributed by atoms with Crippen LogP contribution in [0.4, 0.5) is 5.69 Å². The summed E-state index contributed by atoms with van der Waals surface area (Å²) in [7, 11) is 0. The Bertz CT molecular complexity index is 453. The van der Waals surface area contributed by atoms with Gasteiger partial charge in [-0.3, -0.25) is 4.99 Å². The van der Waals surface area contributed by atoms with E-state index in [2.05, 4.69) is 57.8 Å². The quantitative estimate of drug-likeness (QED) is 0.650. The standard InChI is InChI=1S/C16H24N4/c1-2-17-16(18-13-8-9-13)19-14-10-11-20(12-14)15-6-4-3-5-7-15/h3-7,13-14H,2,8-12H2,1H3,(H2,17,18,19). The van der Waals surface area contributed by atoms with Crippen molar-refractivity contribution in [3.05, 3.63) is 30.3 Å². The monoisotopic (exact) mass is 272 g/mol. The summed E-state index contributed by atoms with van der Waals surface area (Å²) >= 11 is 0. The molecule has 3 rings (SSSR count). The number of nitrogens with one attached hydrogen (secondary N) is 2. The van der Waals surface area contributed by atoms with Gasteiger partial charge >= 0.3 is 0 Å². The molecule has 1 heterocycles. The number of hydrogen-bond acceptors (Lipinski definition) is 2. The van der Waals surface area contributed by atoms with Gasteiger partial charge in [0.05, 0.1) is 0 Å². The molecule has 1 aliphatic heterocycles. The molecule has 1 aromatic carbocycles. The lowest BCUT2D eigenvalue weighted by atomic mass is 10.3. The fraction of sp³-hybridized carbons (Fsp3) is 0.562. The summed E-state index contributed by atoms with van der Waals surface area (Å²) in [5.41, 5.74) is 1.32. The van der Waals surface area contributed by atoms with Crippen LogP contribution >= 0.6 is 0 Å². The van der Waals surface area contributed by atoms with Crippen LogP contribution in [0.1, 0.15) is 26.2 Å². The molecule has 0 spiro atoms. The van der Waals surface area contributed by atoms with Crippen molar-refractivity contribution < 1.29 is 0 Å². The zero-order chi connectivity index (χ0) is 13.8. The summed E-state index contributed by atoms with van der Waals surface area (Å²) in [6, 6.07) is 11.8. The molecule has 1 atom stereocenters. The molecule has 20 heavy (non-hydrogen) atoms. The zero-order valence-electron chi connectivity index (χ0n) is 12.2. The maximum Gasteiger partial charge on any atom is 0.191 e. The average Bonchev–Trinajstić information content (AvgIpc) is 3.16. The molecule has 0 aromatic heterocycles. The van der Waals surface area contributed by atoms with Crippen molar-refractivity contribution in [2.45, 2.75) is 38.3 Å². The van der Waals surface area contributed by atoms with E-state index < -0.39 is 0 Å². The van der Waals surface area contributed by atoms with Gasteiger partial charge in [-0.25, -0.2) is 0 Å². The number of hydrogen-bond donors (Lipinski definition) is 2. The van der Waals surface area contributed by atoms with Gasteiger partial charge in [0.25, 0.3) is 0 Å². The van der Waals surface area contributed by atoms with E-state index in [4.69, 9.17) is 0 Å². The van der Waals surface area contributed by atoms with Gasteiger partial charge < -0.3 is 15.5 Å². The third-order valence-corrected chi connectivity index (χ3v) is 3.88. The highest BCUT2D eigenvalue weighted by Gasteiger charge is 2.26. The minimum absolute atomic E-state index is 0.492. The van der Waals surface area contributed by atoms with Crippen LogP contribution in [0.2, 0.25) is 0 Å². The maximum absolute atomic E-state index is 4.54. The number of rotatable bonds is 4. The Morgan fingerprint density at radius 1 is 1.15 bits per heavy atom. The summed E-state index contributed by atoms with van der Waals surface area (Å²) in [5.74, 6) is 0.995. The second kappa shape index (κ2) is 6.16. The molecule has 1 saturated heterocycles. The van der Waals surface area contributed by atoms with E-state index in [1.807, 2.05) is 0 Å². The molecule has 1 aromatic rings. The molecule has 4 heteroatoms. The number of aliphatic imine (C=N–C) groups is 1. The van der Waals surface area contributed by atoms with Crippen LogP contribution in [-0.4, -0.2) is 37.7 Å². The van der Waals surface area contributed by atoms with Crippen LogP contribution in [-0.2, 0) is 0 Å². The predicted molar refractivity (Wildman–Crippen MR) is 84.3 cm³/mol. The average molecular weight is 272 g/mol. The van der Waals surface area contributed by atoms with Gasteiger partial charge in [0.2, 0.25) is 0 Å². The Balaban J connectivity index is 1.55. The number of benzene rings is 1. The number of guanidine groups is 1. The van der Waals surface area contributed by atoms with Gasteiger partial charge in [-0.05, 0) is 38.3 Å². The van der Waals surface area contributed by atoms with Crippen LogP contribution in [0.5, 0.6) is 0 Å². The molecule has 0 amide bonds. The Morgan fingerprint density at radius 3 is 2.60 bits per heavy atom. The van der Waals surface area contributed by atoms with Crippen LogP contribution in [0.15, 0.2) is 35.3 Å². The van der Waals surface area contributed by atoms with E-state index >= 15 is 0 Å². The van der Waals surface area contributed by atoms with E-state index in [1.165, 1.54) is 24.9 Å². The van der Waals surface area contributed by atoms with Gasteiger partial charge in [-0.2, -0.15) is 0 Å². The molecule has 0 radical (unpaired) electrons. The molecular weight excluding hydrogens is 248 g/mol. The van der Waals surface area contributed by atoms with E-state index in [0.29, 0.717) is 12.1 Å². The molecule has 4 nitrogen and oxygen atoms in total. The van der Waals surface area contributed by atoms with Crippen molar-refractivity contribution in [3.8, 4) is 0 Å². The first-order chi connectivity index (χ1) is 9.85. The lowest BCUT2D eigenvalue weighted by Gasteiger charge is -2.20. The van der Waals surface area contributed by atoms with E-state index in [-0.39, 0.29) is 0 Å². The molecule has 108 valence electrons. The Morgan fingerprint density at radius 2 is 1.90 bits per heavy atom. The number of para-hydroxylation sites is 1. The SMILES string of the molecule is CCN=C(NC1CC1)NC1CCN(c2ccccc2)C1. The lowest BCUT2D eigenvalue weighted by molar-refractivity contribution is 0.646. The topological polar surface area (TPSA) is 39.7 Å². The normalized spacial score (nSPS) is 22.9. The molecule has 1 saturated carbocycles. The molecule has 1 aliphatic carbocycles. The first-order valence-electron chi connectivity index (χ1n) is 7.72. The molecule has 1 unspecified atom stereocenters. The van der Waals surface area contributed by atoms with Gasteiger partial charge in [-0.1, -0.05) is 18.2 Å². The summed E-state index contributed by atoms with van der Waals surface area (Å²) in [5, 5.41) is 7.08. The molecule has 0 bridgehead atoms. The lowest BCUT2D eigenvalue weighted by Crippen LogP contribution is -2.45. The van der Waals surface area contributed by atoms with Crippen molar-refractivity contribution in [2.75, 3.05) is 24.5 Å². The molecular formula is C16H24N4. The third-order valence-electron chi connectivity index (χ3n) is 3.88. The maximum atomic E-state index is 4.54. The van der Waals surface area contributed by atoms with Crippen molar-refractivity contribution in [1.82, 2.24) is 10.6 Å². The van der Waals surface area contributed by atoms with E-state index in [0.717, 1.165) is 25.6 Å². The van der Waals surface area contributed by atoms with Gasteiger partial charge in [-0.15, -0.1) is 0 Å². The predicted octanol–water partition coefficient (Wildman–Crippen LogP) is 1.98. The highest BCUT2D eigenvalue weighted by atomic mass is 15.3. The Hall–Kier alpha value is -1.71. The summed E-state index contributed by atoms with van der Waals surface area (Å²) in [4.78, 5) is 6.98. The number of anilines is 1. The third kappa shape index (κ3) is 3.44. The van der Waals surface area contributed by atoms with Crippen molar-refractivity contribution in [2.24, 2.45) is 4.99 Å². The van der Waals surface area contributed by atoms with Crippen LogP contribution in [0, 0.1) is 0 Å². The number of nitrogens with zero attached hydrogens (tertiary/aromatic N) is 2. The summed E-state index contributed by atoms with van der Waals surface area (Å²) < 4.78 is 0. The highest BCUT2D eigenvalue weighted by molar-refractivity contribution is 5.80. The first-order valence-corrected chi connectivity index (χ1v) is 7.72. The molecule has 2 aliphatic rings. The van der Waals surface area contributed by atoms with Gasteiger partial charge in [0.1, 0.15) is 0 Å². The Kier molecular flexibility index (Phi) is 4.09. The fourth-order valence-corrected chi connectivity index (χ4v) is 2.66. The van der Waals surface area contributed by atoms with Crippen LogP contribution < -0.4 is 15.5 Å². The fourth-order valence-electron chi connectivity index (χ4n) is 2.66. The van der Waals surface area contributed by atoms with Crippen LogP contribution in [0.3, 0.4) is 0 Å². The van der Waals surface area contributed by atoms with Gasteiger partial charge in [0, 0.05) is 37.4 Å². The summed E-state index contributed by atoms with van der Waals surface area (Å²) in [6.07, 6.45) is 3.74. The summed E-state index contributed by atoms with van der Waals surface area (Å²) in [6.45, 7) is 5.09. The largest absolute Gasteiger partial charge is 0.369 e. The van der Waals surface area contributed by atoms with Crippen molar-refractivity contribution >= 4 is 11.6 Å². The Labute approximate surface area is 121 Å². The smallest absolute Gasteiger partial charge is 0.191 e. The van der Waals surface area contributed by atoms with Crippen molar-refractivity contribution in [1.29, 1.82) is 0 Å². The highest BCUT2D eigenvalue weighted by Crippen LogP contribution is 2.20. The first kappa shape index (κ1) is 13.3. The van der Waals surface area contributed by atoms with Gasteiger partial charge in [0.15, 0.2) is 5.96 Å². The minimum Gasteiger partial charge on any atom is -0.369 e. The second-order valence-corrected chi connectivity index (χ2v) is 5.65. The van der Waals surface area contributed by atoms with E-state index in [1.54, 1.807) is 0 Å². The molecule has 2 fully saturated rings. The zero-order valence-corrected chi connectivity index (χ0v) is 12.2. The second-order valence-electron chi connectivity index (χ2n) is 5.65.